The Labute approximate surface area is 201 Å². The van der Waals surface area contributed by atoms with Gasteiger partial charge in [0.15, 0.2) is 0 Å². The zero-order chi connectivity index (χ0) is 22.7. The molecule has 1 N–H and O–H groups in total. The number of hydrogen-bond donors (Lipinski definition) is 1. The van der Waals surface area contributed by atoms with Crippen LogP contribution >= 0.6 is 34.8 Å². The largest absolute Gasteiger partial charge is 0.289 e. The number of hydrogen-bond acceptors (Lipinski definition) is 3. The lowest BCUT2D eigenvalue weighted by Crippen LogP contribution is -2.45. The van der Waals surface area contributed by atoms with E-state index in [2.05, 4.69) is 10.5 Å². The van der Waals surface area contributed by atoms with E-state index in [9.17, 15) is 9.18 Å². The summed E-state index contributed by atoms with van der Waals surface area (Å²) >= 11 is 18.5. The van der Waals surface area contributed by atoms with Crippen LogP contribution in [0.4, 0.5) is 4.39 Å². The summed E-state index contributed by atoms with van der Waals surface area (Å²) in [6.07, 6.45) is 3.20. The number of carbonyl (C=O) groups excluding carboxylic acids is 1. The van der Waals surface area contributed by atoms with Gasteiger partial charge in [-0.15, -0.1) is 0 Å². The van der Waals surface area contributed by atoms with E-state index in [1.165, 1.54) is 0 Å². The minimum absolute atomic E-state index is 0.0471. The van der Waals surface area contributed by atoms with Crippen LogP contribution in [0.25, 0.3) is 16.9 Å². The maximum absolute atomic E-state index is 14.3. The van der Waals surface area contributed by atoms with Crippen molar-refractivity contribution >= 4 is 40.7 Å². The molecular weight excluding hydrogens is 474 g/mol. The summed E-state index contributed by atoms with van der Waals surface area (Å²) in [6.45, 7) is 0.842. The van der Waals surface area contributed by atoms with E-state index in [1.807, 2.05) is 5.01 Å². The molecule has 0 spiro atoms. The van der Waals surface area contributed by atoms with Gasteiger partial charge in [-0.25, -0.2) is 14.1 Å². The second-order valence-electron chi connectivity index (χ2n) is 7.68. The highest BCUT2D eigenvalue weighted by Gasteiger charge is 2.24. The molecule has 0 radical (unpaired) electrons. The molecule has 0 atom stereocenters. The third-order valence-corrected chi connectivity index (χ3v) is 6.21. The minimum atomic E-state index is -0.782. The Bertz CT molecular complexity index is 1110. The molecule has 2 aromatic carbocycles. The van der Waals surface area contributed by atoms with Gasteiger partial charge in [0, 0.05) is 34.3 Å². The molecule has 1 fully saturated rings. The van der Waals surface area contributed by atoms with E-state index in [1.54, 1.807) is 47.1 Å². The molecule has 0 aliphatic carbocycles. The maximum Gasteiger partial charge on any atom is 0.240 e. The van der Waals surface area contributed by atoms with Crippen molar-refractivity contribution in [1.82, 2.24) is 20.2 Å². The Kier molecular flexibility index (Phi) is 7.36. The quantitative estimate of drug-likeness (QED) is 0.454. The second kappa shape index (κ2) is 10.2. The normalized spacial score (nSPS) is 14.5. The van der Waals surface area contributed by atoms with Gasteiger partial charge in [-0.1, -0.05) is 53.4 Å². The summed E-state index contributed by atoms with van der Waals surface area (Å²) in [6, 6.07) is 12.0. The van der Waals surface area contributed by atoms with Crippen molar-refractivity contribution in [2.75, 3.05) is 13.1 Å². The number of rotatable bonds is 6. The number of alkyl halides is 1. The number of nitrogens with one attached hydrogen (secondary N) is 1. The van der Waals surface area contributed by atoms with Crippen LogP contribution in [0.2, 0.25) is 15.1 Å². The van der Waals surface area contributed by atoms with Crippen molar-refractivity contribution in [3.63, 3.8) is 0 Å². The standard InChI is InChI=1S/C23H22Cl3FN4O/c24-16-6-4-15(5-7-16)23-18(14-27)20(13-22(32)29-30-10-2-1-3-11-30)28-31(23)21-9-8-17(25)12-19(21)26/h4-9,12H,1-3,10-11,13-14H2,(H,29,32). The summed E-state index contributed by atoms with van der Waals surface area (Å²) in [5.74, 6) is -0.226. The number of amides is 1. The summed E-state index contributed by atoms with van der Waals surface area (Å²) in [7, 11) is 0. The van der Waals surface area contributed by atoms with Gasteiger partial charge < -0.3 is 0 Å². The first-order valence-electron chi connectivity index (χ1n) is 10.4. The molecule has 1 aromatic heterocycles. The van der Waals surface area contributed by atoms with Crippen molar-refractivity contribution < 1.29 is 9.18 Å². The fourth-order valence-corrected chi connectivity index (χ4v) is 4.50. The fraction of sp³-hybridized carbons (Fsp3) is 0.304. The smallest absolute Gasteiger partial charge is 0.240 e. The Hall–Kier alpha value is -2.12. The molecule has 4 rings (SSSR count). The van der Waals surface area contributed by atoms with E-state index in [4.69, 9.17) is 34.8 Å². The van der Waals surface area contributed by atoms with Crippen LogP contribution in [0.1, 0.15) is 30.5 Å². The van der Waals surface area contributed by atoms with Crippen LogP contribution in [-0.2, 0) is 17.9 Å². The number of nitrogens with zero attached hydrogens (tertiary/aromatic N) is 3. The number of hydrazine groups is 1. The molecule has 1 saturated heterocycles. The van der Waals surface area contributed by atoms with Gasteiger partial charge in [0.1, 0.15) is 6.67 Å². The number of halogens is 4. The first-order chi connectivity index (χ1) is 15.5. The molecule has 1 aliphatic rings. The maximum atomic E-state index is 14.3. The van der Waals surface area contributed by atoms with Gasteiger partial charge in [0.25, 0.3) is 0 Å². The fourth-order valence-electron chi connectivity index (χ4n) is 3.88. The lowest BCUT2D eigenvalue weighted by atomic mass is 10.0. The number of piperidine rings is 1. The first kappa shape index (κ1) is 23.1. The SMILES string of the molecule is O=C(Cc1nn(-c2ccc(Cl)cc2Cl)c(-c2ccc(Cl)cc2)c1CF)NN1CCCCC1. The van der Waals surface area contributed by atoms with Crippen LogP contribution in [-0.4, -0.2) is 33.8 Å². The van der Waals surface area contributed by atoms with Crippen LogP contribution in [0, 0.1) is 0 Å². The number of benzene rings is 2. The molecule has 1 aliphatic heterocycles. The van der Waals surface area contributed by atoms with Gasteiger partial charge in [-0.05, 0) is 43.2 Å². The topological polar surface area (TPSA) is 50.2 Å². The van der Waals surface area contributed by atoms with Gasteiger partial charge in [0.05, 0.1) is 28.5 Å². The molecule has 9 heteroatoms. The number of carbonyl (C=O) groups is 1. The molecule has 32 heavy (non-hydrogen) atoms. The molecule has 0 saturated carbocycles. The average molecular weight is 496 g/mol. The monoisotopic (exact) mass is 494 g/mol. The van der Waals surface area contributed by atoms with Crippen molar-refractivity contribution in [1.29, 1.82) is 0 Å². The predicted octanol–water partition coefficient (Wildman–Crippen LogP) is 6.03. The van der Waals surface area contributed by atoms with E-state index < -0.39 is 6.67 Å². The van der Waals surface area contributed by atoms with E-state index >= 15 is 0 Å². The van der Waals surface area contributed by atoms with Crippen molar-refractivity contribution in [3.05, 3.63) is 68.8 Å². The number of aromatic nitrogens is 2. The first-order valence-corrected chi connectivity index (χ1v) is 11.5. The van der Waals surface area contributed by atoms with Gasteiger partial charge >= 0.3 is 0 Å². The Morgan fingerprint density at radius 2 is 1.69 bits per heavy atom. The molecule has 0 unspecified atom stereocenters. The van der Waals surface area contributed by atoms with Crippen LogP contribution in [0.5, 0.6) is 0 Å². The second-order valence-corrected chi connectivity index (χ2v) is 8.96. The molecule has 168 valence electrons. The van der Waals surface area contributed by atoms with E-state index in [0.29, 0.717) is 43.3 Å². The Morgan fingerprint density at radius 1 is 1.00 bits per heavy atom. The van der Waals surface area contributed by atoms with Crippen molar-refractivity contribution in [2.45, 2.75) is 32.4 Å². The molecule has 3 aromatic rings. The predicted molar refractivity (Wildman–Crippen MR) is 126 cm³/mol. The van der Waals surface area contributed by atoms with Gasteiger partial charge in [-0.3, -0.25) is 10.2 Å². The molecule has 5 nitrogen and oxygen atoms in total. The van der Waals surface area contributed by atoms with Crippen molar-refractivity contribution in [3.8, 4) is 16.9 Å². The van der Waals surface area contributed by atoms with Gasteiger partial charge in [0.2, 0.25) is 5.91 Å². The summed E-state index contributed by atoms with van der Waals surface area (Å²) < 4.78 is 15.9. The summed E-state index contributed by atoms with van der Waals surface area (Å²) in [5.41, 5.74) is 5.39. The van der Waals surface area contributed by atoms with Gasteiger partial charge in [-0.2, -0.15) is 5.10 Å². The van der Waals surface area contributed by atoms with Crippen LogP contribution in [0.3, 0.4) is 0 Å². The van der Waals surface area contributed by atoms with Crippen LogP contribution < -0.4 is 5.43 Å². The highest BCUT2D eigenvalue weighted by molar-refractivity contribution is 6.35. The molecule has 2 heterocycles. The lowest BCUT2D eigenvalue weighted by molar-refractivity contribution is -0.125. The van der Waals surface area contributed by atoms with E-state index in [-0.39, 0.29) is 12.3 Å². The lowest BCUT2D eigenvalue weighted by Gasteiger charge is -2.26. The highest BCUT2D eigenvalue weighted by Crippen LogP contribution is 2.34. The Morgan fingerprint density at radius 3 is 2.34 bits per heavy atom. The molecule has 0 bridgehead atoms. The van der Waals surface area contributed by atoms with E-state index in [0.717, 1.165) is 32.4 Å². The average Bonchev–Trinajstić information content (AvgIpc) is 3.12. The zero-order valence-corrected chi connectivity index (χ0v) is 19.5. The third-order valence-electron chi connectivity index (χ3n) is 5.42. The zero-order valence-electron chi connectivity index (χ0n) is 17.3. The summed E-state index contributed by atoms with van der Waals surface area (Å²) in [5, 5.41) is 7.93. The summed E-state index contributed by atoms with van der Waals surface area (Å²) in [4.78, 5) is 12.7. The Balaban J connectivity index is 1.75. The molecular formula is C23H22Cl3FN4O. The third kappa shape index (κ3) is 5.09. The van der Waals surface area contributed by atoms with Crippen LogP contribution in [0.15, 0.2) is 42.5 Å². The van der Waals surface area contributed by atoms with Crippen molar-refractivity contribution in [2.24, 2.45) is 0 Å². The minimum Gasteiger partial charge on any atom is -0.289 e. The molecule has 1 amide bonds. The highest BCUT2D eigenvalue weighted by atomic mass is 35.5.